The third-order valence-corrected chi connectivity index (χ3v) is 4.84. The van der Waals surface area contributed by atoms with Crippen LogP contribution in [0.1, 0.15) is 30.2 Å². The van der Waals surface area contributed by atoms with E-state index in [2.05, 4.69) is 45.6 Å². The maximum absolute atomic E-state index is 4.85. The van der Waals surface area contributed by atoms with Crippen LogP contribution in [-0.4, -0.2) is 51.8 Å². The number of aryl methyl sites for hydroxylation is 2. The monoisotopic (exact) mass is 354 g/mol. The predicted octanol–water partition coefficient (Wildman–Crippen LogP) is 2.20. The molecule has 3 rings (SSSR count). The van der Waals surface area contributed by atoms with Crippen molar-refractivity contribution in [2.24, 2.45) is 18.0 Å². The molecule has 0 radical (unpaired) electrons. The van der Waals surface area contributed by atoms with E-state index in [1.54, 1.807) is 0 Å². The molecule has 2 aromatic rings. The molecular weight excluding hydrogens is 324 g/mol. The summed E-state index contributed by atoms with van der Waals surface area (Å²) in [7, 11) is 1.98. The molecule has 1 aliphatic heterocycles. The van der Waals surface area contributed by atoms with Gasteiger partial charge < -0.3 is 10.2 Å². The van der Waals surface area contributed by atoms with Crippen molar-refractivity contribution in [3.63, 3.8) is 0 Å². The van der Waals surface area contributed by atoms with Gasteiger partial charge in [0.1, 0.15) is 0 Å². The second-order valence-electron chi connectivity index (χ2n) is 7.12. The number of hydrogen-bond donors (Lipinski definition) is 1. The maximum atomic E-state index is 4.85. The summed E-state index contributed by atoms with van der Waals surface area (Å²) in [5, 5.41) is 7.73. The van der Waals surface area contributed by atoms with Crippen molar-refractivity contribution in [1.82, 2.24) is 25.0 Å². The minimum absolute atomic E-state index is 0.671. The second kappa shape index (κ2) is 8.83. The van der Waals surface area contributed by atoms with Gasteiger partial charge in [0, 0.05) is 51.3 Å². The van der Waals surface area contributed by atoms with Crippen molar-refractivity contribution in [3.05, 3.63) is 47.5 Å². The van der Waals surface area contributed by atoms with Gasteiger partial charge in [-0.25, -0.2) is 0 Å². The van der Waals surface area contributed by atoms with Gasteiger partial charge in [-0.15, -0.1) is 0 Å². The Morgan fingerprint density at radius 2 is 2.19 bits per heavy atom. The van der Waals surface area contributed by atoms with E-state index < -0.39 is 0 Å². The third-order valence-electron chi connectivity index (χ3n) is 4.84. The lowest BCUT2D eigenvalue weighted by Crippen LogP contribution is -2.40. The summed E-state index contributed by atoms with van der Waals surface area (Å²) in [6.45, 7) is 7.96. The number of guanidine groups is 1. The van der Waals surface area contributed by atoms with Crippen molar-refractivity contribution in [2.75, 3.05) is 26.2 Å². The molecule has 1 N–H and O–H groups in total. The summed E-state index contributed by atoms with van der Waals surface area (Å²) in [5.41, 5.74) is 3.63. The van der Waals surface area contributed by atoms with Gasteiger partial charge in [-0.1, -0.05) is 6.07 Å². The number of rotatable bonds is 6. The molecule has 6 nitrogen and oxygen atoms in total. The molecular formula is C20H30N6. The number of aliphatic imine (C=N–C) groups is 1. The number of nitrogens with one attached hydrogen (secondary N) is 1. The summed E-state index contributed by atoms with van der Waals surface area (Å²) in [4.78, 5) is 11.6. The highest BCUT2D eigenvalue weighted by Crippen LogP contribution is 2.20. The molecule has 3 heterocycles. The van der Waals surface area contributed by atoms with Gasteiger partial charge >= 0.3 is 0 Å². The van der Waals surface area contributed by atoms with E-state index in [0.717, 1.165) is 50.7 Å². The van der Waals surface area contributed by atoms with Crippen LogP contribution < -0.4 is 5.32 Å². The third kappa shape index (κ3) is 5.07. The summed E-state index contributed by atoms with van der Waals surface area (Å²) in [6, 6.07) is 4.21. The lowest BCUT2D eigenvalue weighted by atomic mass is 10.0. The molecule has 1 fully saturated rings. The topological polar surface area (TPSA) is 58.3 Å². The van der Waals surface area contributed by atoms with E-state index in [1.165, 1.54) is 17.5 Å². The Kier molecular flexibility index (Phi) is 6.26. The van der Waals surface area contributed by atoms with Gasteiger partial charge in [0.2, 0.25) is 0 Å². The first kappa shape index (κ1) is 18.4. The molecule has 0 aromatic carbocycles. The van der Waals surface area contributed by atoms with Gasteiger partial charge in [0.15, 0.2) is 5.96 Å². The molecule has 0 aliphatic carbocycles. The largest absolute Gasteiger partial charge is 0.357 e. The number of hydrogen-bond acceptors (Lipinski definition) is 3. The summed E-state index contributed by atoms with van der Waals surface area (Å²) in [6.07, 6.45) is 9.29. The first-order chi connectivity index (χ1) is 12.6. The van der Waals surface area contributed by atoms with Crippen LogP contribution in [0.5, 0.6) is 0 Å². The van der Waals surface area contributed by atoms with Crippen LogP contribution >= 0.6 is 0 Å². The summed E-state index contributed by atoms with van der Waals surface area (Å²) < 4.78 is 1.88. The zero-order chi connectivity index (χ0) is 18.4. The van der Waals surface area contributed by atoms with Crippen molar-refractivity contribution in [2.45, 2.75) is 33.1 Å². The van der Waals surface area contributed by atoms with Crippen LogP contribution in [0.15, 0.2) is 35.7 Å². The van der Waals surface area contributed by atoms with Crippen molar-refractivity contribution < 1.29 is 0 Å². The number of aromatic nitrogens is 3. The molecule has 0 saturated carbocycles. The summed E-state index contributed by atoms with van der Waals surface area (Å²) in [5.74, 6) is 1.71. The van der Waals surface area contributed by atoms with Gasteiger partial charge in [0.05, 0.1) is 6.20 Å². The molecule has 1 saturated heterocycles. The van der Waals surface area contributed by atoms with Crippen LogP contribution in [0.25, 0.3) is 0 Å². The number of nitrogens with zero attached hydrogens (tertiary/aromatic N) is 5. The van der Waals surface area contributed by atoms with Crippen molar-refractivity contribution in [1.29, 1.82) is 0 Å². The summed E-state index contributed by atoms with van der Waals surface area (Å²) >= 11 is 0. The fourth-order valence-corrected chi connectivity index (χ4v) is 3.47. The highest BCUT2D eigenvalue weighted by Gasteiger charge is 2.25. The van der Waals surface area contributed by atoms with E-state index >= 15 is 0 Å². The lowest BCUT2D eigenvalue weighted by molar-refractivity contribution is 0.460. The Balaban J connectivity index is 1.54. The molecule has 0 bridgehead atoms. The molecule has 2 aromatic heterocycles. The molecule has 0 amide bonds. The Labute approximate surface area is 156 Å². The fraction of sp³-hybridized carbons (Fsp3) is 0.550. The zero-order valence-corrected chi connectivity index (χ0v) is 16.1. The molecule has 0 spiro atoms. The Hall–Kier alpha value is -2.37. The minimum atomic E-state index is 0.671. The van der Waals surface area contributed by atoms with E-state index in [1.807, 2.05) is 31.0 Å². The molecule has 1 atom stereocenters. The van der Waals surface area contributed by atoms with Crippen LogP contribution in [-0.2, 0) is 19.9 Å². The van der Waals surface area contributed by atoms with Gasteiger partial charge in [0.25, 0.3) is 0 Å². The smallest absolute Gasteiger partial charge is 0.193 e. The molecule has 6 heteroatoms. The first-order valence-electron chi connectivity index (χ1n) is 9.56. The lowest BCUT2D eigenvalue weighted by Gasteiger charge is -2.21. The van der Waals surface area contributed by atoms with Crippen LogP contribution in [0, 0.1) is 12.8 Å². The average Bonchev–Trinajstić information content (AvgIpc) is 3.25. The molecule has 140 valence electrons. The average molecular weight is 355 g/mol. The SMILES string of the molecule is CCNC(=NCCc1ccc(C)nc1)N1CCC(Cc2cnn(C)c2)C1. The van der Waals surface area contributed by atoms with Crippen LogP contribution in [0.4, 0.5) is 0 Å². The highest BCUT2D eigenvalue weighted by molar-refractivity contribution is 5.80. The molecule has 1 unspecified atom stereocenters. The van der Waals surface area contributed by atoms with E-state index in [-0.39, 0.29) is 0 Å². The van der Waals surface area contributed by atoms with Gasteiger partial charge in [-0.2, -0.15) is 5.10 Å². The minimum Gasteiger partial charge on any atom is -0.357 e. The van der Waals surface area contributed by atoms with Gasteiger partial charge in [-0.05, 0) is 56.2 Å². The van der Waals surface area contributed by atoms with Crippen molar-refractivity contribution >= 4 is 5.96 Å². The fourth-order valence-electron chi connectivity index (χ4n) is 3.47. The quantitative estimate of drug-likeness (QED) is 0.638. The standard InChI is InChI=1S/C20H30N6/c1-4-21-20(22-9-7-17-6-5-16(2)23-12-17)26-10-8-18(15-26)11-19-13-24-25(3)14-19/h5-6,12-14,18H,4,7-11,15H2,1-3H3,(H,21,22). The molecule has 26 heavy (non-hydrogen) atoms. The first-order valence-corrected chi connectivity index (χ1v) is 9.56. The molecule has 1 aliphatic rings. The van der Waals surface area contributed by atoms with E-state index in [4.69, 9.17) is 4.99 Å². The maximum Gasteiger partial charge on any atom is 0.193 e. The second-order valence-corrected chi connectivity index (χ2v) is 7.12. The Bertz CT molecular complexity index is 718. The zero-order valence-electron chi connectivity index (χ0n) is 16.1. The Morgan fingerprint density at radius 1 is 1.31 bits per heavy atom. The van der Waals surface area contributed by atoms with E-state index in [0.29, 0.717) is 5.92 Å². The predicted molar refractivity (Wildman–Crippen MR) is 105 cm³/mol. The van der Waals surface area contributed by atoms with E-state index in [9.17, 15) is 0 Å². The van der Waals surface area contributed by atoms with Crippen LogP contribution in [0.2, 0.25) is 0 Å². The number of likely N-dealkylation sites (tertiary alicyclic amines) is 1. The highest BCUT2D eigenvalue weighted by atomic mass is 15.3. The number of pyridine rings is 1. The normalized spacial score (nSPS) is 17.7. The Morgan fingerprint density at radius 3 is 2.88 bits per heavy atom. The van der Waals surface area contributed by atoms with Gasteiger partial charge in [-0.3, -0.25) is 14.7 Å². The van der Waals surface area contributed by atoms with Crippen LogP contribution in [0.3, 0.4) is 0 Å². The van der Waals surface area contributed by atoms with Crippen molar-refractivity contribution in [3.8, 4) is 0 Å².